The number of aromatic nitrogens is 1. The normalized spacial score (nSPS) is 11.5. The Bertz CT molecular complexity index is 662. The third-order valence-electron chi connectivity index (χ3n) is 2.53. The Morgan fingerprint density at radius 2 is 1.89 bits per heavy atom. The average molecular weight is 282 g/mol. The molecule has 96 valence electrons. The molecule has 6 heteroatoms. The highest BCUT2D eigenvalue weighted by atomic mass is 32.2. The highest BCUT2D eigenvalue weighted by Gasteiger charge is 2.23. The van der Waals surface area contributed by atoms with Gasteiger partial charge in [0.1, 0.15) is 10.0 Å². The van der Waals surface area contributed by atoms with Crippen LogP contribution in [0.1, 0.15) is 10.6 Å². The molecule has 0 atom stereocenters. The van der Waals surface area contributed by atoms with E-state index in [9.17, 15) is 8.42 Å². The van der Waals surface area contributed by atoms with Crippen LogP contribution in [0, 0.1) is 13.8 Å². The largest absolute Gasteiger partial charge is 0.274 e. The highest BCUT2D eigenvalue weighted by Crippen LogP contribution is 2.26. The fourth-order valence-corrected chi connectivity index (χ4v) is 4.11. The van der Waals surface area contributed by atoms with Crippen LogP contribution in [0.15, 0.2) is 34.5 Å². The predicted molar refractivity (Wildman–Crippen MR) is 73.6 cm³/mol. The van der Waals surface area contributed by atoms with Crippen molar-refractivity contribution >= 4 is 27.2 Å². The molecule has 0 aromatic carbocycles. The first-order chi connectivity index (χ1) is 8.41. The molecule has 0 saturated heterocycles. The van der Waals surface area contributed by atoms with Crippen LogP contribution in [0.2, 0.25) is 0 Å². The van der Waals surface area contributed by atoms with Gasteiger partial charge >= 0.3 is 0 Å². The fraction of sp³-hybridized carbons (Fsp3) is 0.250. The summed E-state index contributed by atoms with van der Waals surface area (Å²) in [4.78, 5) is 5.19. The van der Waals surface area contributed by atoms with E-state index in [1.54, 1.807) is 24.3 Å². The Hall–Kier alpha value is -1.40. The lowest BCUT2D eigenvalue weighted by atomic mass is 10.4. The number of rotatable bonds is 3. The molecular weight excluding hydrogens is 268 g/mol. The van der Waals surface area contributed by atoms with Crippen molar-refractivity contribution in [2.75, 3.05) is 11.4 Å². The van der Waals surface area contributed by atoms with Gasteiger partial charge < -0.3 is 0 Å². The Balaban J connectivity index is 2.42. The molecule has 0 aliphatic heterocycles. The minimum absolute atomic E-state index is 0.339. The Labute approximate surface area is 111 Å². The van der Waals surface area contributed by atoms with E-state index >= 15 is 0 Å². The first kappa shape index (κ1) is 13.0. The number of hydrogen-bond acceptors (Lipinski definition) is 4. The number of hydrogen-bond donors (Lipinski definition) is 0. The summed E-state index contributed by atoms with van der Waals surface area (Å²) in [6.07, 6.45) is 0. The van der Waals surface area contributed by atoms with E-state index < -0.39 is 10.0 Å². The van der Waals surface area contributed by atoms with Crippen molar-refractivity contribution in [1.82, 2.24) is 4.98 Å². The van der Waals surface area contributed by atoms with Crippen LogP contribution in [0.3, 0.4) is 0 Å². The van der Waals surface area contributed by atoms with Crippen LogP contribution in [0.25, 0.3) is 0 Å². The highest BCUT2D eigenvalue weighted by molar-refractivity contribution is 7.94. The zero-order valence-electron chi connectivity index (χ0n) is 10.4. The summed E-state index contributed by atoms with van der Waals surface area (Å²) in [5, 5.41) is 0. The molecule has 2 heterocycles. The number of sulfonamides is 1. The maximum absolute atomic E-state index is 12.4. The van der Waals surface area contributed by atoms with Gasteiger partial charge in [0, 0.05) is 17.6 Å². The maximum Gasteiger partial charge on any atom is 0.274 e. The third-order valence-corrected chi connectivity index (χ3v) is 5.76. The summed E-state index contributed by atoms with van der Waals surface area (Å²) in [6.45, 7) is 3.72. The number of pyridine rings is 1. The maximum atomic E-state index is 12.4. The zero-order chi connectivity index (χ0) is 13.3. The second-order valence-electron chi connectivity index (χ2n) is 3.97. The zero-order valence-corrected chi connectivity index (χ0v) is 12.0. The van der Waals surface area contributed by atoms with E-state index in [4.69, 9.17) is 0 Å². The van der Waals surface area contributed by atoms with Crippen LogP contribution in [0.5, 0.6) is 0 Å². The standard InChI is InChI=1S/C12H14N2O2S2/c1-9-5-4-6-11(13-9)14(3)18(15,16)12-8-7-10(2)17-12/h4-8H,1-3H3. The van der Waals surface area contributed by atoms with Gasteiger partial charge in [-0.05, 0) is 38.1 Å². The minimum atomic E-state index is -3.50. The van der Waals surface area contributed by atoms with Crippen molar-refractivity contribution in [3.8, 4) is 0 Å². The topological polar surface area (TPSA) is 50.3 Å². The molecule has 0 saturated carbocycles. The fourth-order valence-electron chi connectivity index (χ4n) is 1.51. The number of thiophene rings is 1. The van der Waals surface area contributed by atoms with Gasteiger partial charge in [0.15, 0.2) is 0 Å². The SMILES string of the molecule is Cc1cccc(N(C)S(=O)(=O)c2ccc(C)s2)n1. The van der Waals surface area contributed by atoms with Crippen molar-refractivity contribution in [3.05, 3.63) is 40.9 Å². The van der Waals surface area contributed by atoms with Crippen molar-refractivity contribution in [1.29, 1.82) is 0 Å². The molecule has 0 fully saturated rings. The second kappa shape index (κ2) is 4.70. The van der Waals surface area contributed by atoms with E-state index in [-0.39, 0.29) is 0 Å². The van der Waals surface area contributed by atoms with E-state index in [1.165, 1.54) is 22.7 Å². The van der Waals surface area contributed by atoms with Gasteiger partial charge in [-0.15, -0.1) is 11.3 Å². The van der Waals surface area contributed by atoms with Gasteiger partial charge in [0.25, 0.3) is 10.0 Å². The van der Waals surface area contributed by atoms with Crippen LogP contribution in [-0.2, 0) is 10.0 Å². The molecule has 0 bridgehead atoms. The average Bonchev–Trinajstić information content (AvgIpc) is 2.75. The molecule has 4 nitrogen and oxygen atoms in total. The van der Waals surface area contributed by atoms with Gasteiger partial charge in [-0.2, -0.15) is 0 Å². The minimum Gasteiger partial charge on any atom is -0.252 e. The predicted octanol–water partition coefficient (Wildman–Crippen LogP) is 2.59. The number of nitrogens with zero attached hydrogens (tertiary/aromatic N) is 2. The first-order valence-electron chi connectivity index (χ1n) is 5.40. The van der Waals surface area contributed by atoms with Crippen LogP contribution < -0.4 is 4.31 Å². The second-order valence-corrected chi connectivity index (χ2v) is 7.46. The molecule has 18 heavy (non-hydrogen) atoms. The molecule has 2 aromatic rings. The lowest BCUT2D eigenvalue weighted by Crippen LogP contribution is -2.26. The summed E-state index contributed by atoms with van der Waals surface area (Å²) >= 11 is 1.26. The van der Waals surface area contributed by atoms with Crippen molar-refractivity contribution in [2.45, 2.75) is 18.1 Å². The molecule has 0 unspecified atom stereocenters. The molecule has 0 amide bonds. The summed E-state index contributed by atoms with van der Waals surface area (Å²) < 4.78 is 26.3. The monoisotopic (exact) mass is 282 g/mol. The Morgan fingerprint density at radius 3 is 2.44 bits per heavy atom. The number of aryl methyl sites for hydroxylation is 2. The van der Waals surface area contributed by atoms with E-state index in [0.29, 0.717) is 10.0 Å². The van der Waals surface area contributed by atoms with E-state index in [0.717, 1.165) is 10.6 Å². The quantitative estimate of drug-likeness (QED) is 0.869. The third kappa shape index (κ3) is 2.39. The Morgan fingerprint density at radius 1 is 1.17 bits per heavy atom. The Kier molecular flexibility index (Phi) is 3.41. The molecular formula is C12H14N2O2S2. The smallest absolute Gasteiger partial charge is 0.252 e. The van der Waals surface area contributed by atoms with Gasteiger partial charge in [0.2, 0.25) is 0 Å². The summed E-state index contributed by atoms with van der Waals surface area (Å²) in [5.74, 6) is 0.432. The van der Waals surface area contributed by atoms with Crippen molar-refractivity contribution in [3.63, 3.8) is 0 Å². The van der Waals surface area contributed by atoms with Gasteiger partial charge in [-0.25, -0.2) is 13.4 Å². The lowest BCUT2D eigenvalue weighted by Gasteiger charge is -2.17. The van der Waals surface area contributed by atoms with Gasteiger partial charge in [-0.3, -0.25) is 4.31 Å². The van der Waals surface area contributed by atoms with Crippen LogP contribution in [-0.4, -0.2) is 20.4 Å². The molecule has 0 aliphatic carbocycles. The lowest BCUT2D eigenvalue weighted by molar-refractivity contribution is 0.596. The van der Waals surface area contributed by atoms with Crippen LogP contribution >= 0.6 is 11.3 Å². The molecule has 0 N–H and O–H groups in total. The molecule has 0 aliphatic rings. The van der Waals surface area contributed by atoms with E-state index in [2.05, 4.69) is 4.98 Å². The molecule has 0 spiro atoms. The molecule has 2 aromatic heterocycles. The summed E-state index contributed by atoms with van der Waals surface area (Å²) in [5.41, 5.74) is 0.789. The molecule has 2 rings (SSSR count). The van der Waals surface area contributed by atoms with Gasteiger partial charge in [0.05, 0.1) is 0 Å². The summed E-state index contributed by atoms with van der Waals surface area (Å²) in [6, 6.07) is 8.74. The van der Waals surface area contributed by atoms with Gasteiger partial charge in [-0.1, -0.05) is 6.07 Å². The van der Waals surface area contributed by atoms with Crippen molar-refractivity contribution < 1.29 is 8.42 Å². The van der Waals surface area contributed by atoms with Crippen molar-refractivity contribution in [2.24, 2.45) is 0 Å². The van der Waals surface area contributed by atoms with E-state index in [1.807, 2.05) is 19.9 Å². The number of anilines is 1. The molecule has 0 radical (unpaired) electrons. The first-order valence-corrected chi connectivity index (χ1v) is 7.66. The summed E-state index contributed by atoms with van der Waals surface area (Å²) in [7, 11) is -1.98. The van der Waals surface area contributed by atoms with Crippen LogP contribution in [0.4, 0.5) is 5.82 Å².